The van der Waals surface area contributed by atoms with Crippen molar-refractivity contribution in [2.24, 2.45) is 5.41 Å². The van der Waals surface area contributed by atoms with E-state index in [0.717, 1.165) is 38.7 Å². The summed E-state index contributed by atoms with van der Waals surface area (Å²) in [5.74, 6) is 0. The Bertz CT molecular complexity index is 233. The SMILES string of the molecule is CCCCOCC=CC1(O)CCC(C)(C)CC1. The Balaban J connectivity index is 2.23. The van der Waals surface area contributed by atoms with Crippen LogP contribution in [0.25, 0.3) is 0 Å². The Morgan fingerprint density at radius 1 is 1.18 bits per heavy atom. The molecular weight excluding hydrogens is 212 g/mol. The maximum absolute atomic E-state index is 10.4. The third-order valence-corrected chi connectivity index (χ3v) is 3.75. The average Bonchev–Trinajstić information content (AvgIpc) is 2.28. The molecule has 1 aliphatic rings. The van der Waals surface area contributed by atoms with E-state index < -0.39 is 5.60 Å². The lowest BCUT2D eigenvalue weighted by atomic mass is 9.71. The van der Waals surface area contributed by atoms with E-state index in [1.807, 2.05) is 12.2 Å². The number of aliphatic hydroxyl groups is 1. The van der Waals surface area contributed by atoms with Crippen molar-refractivity contribution in [3.63, 3.8) is 0 Å². The predicted molar refractivity (Wildman–Crippen MR) is 72.1 cm³/mol. The van der Waals surface area contributed by atoms with E-state index in [4.69, 9.17) is 4.74 Å². The molecule has 100 valence electrons. The third kappa shape index (κ3) is 5.69. The first kappa shape index (κ1) is 14.7. The molecule has 0 aliphatic heterocycles. The standard InChI is InChI=1S/C15H28O2/c1-4-5-12-17-13-6-7-15(16)10-8-14(2,3)9-11-15/h6-7,16H,4-5,8-13H2,1-3H3. The molecule has 2 nitrogen and oxygen atoms in total. The minimum absolute atomic E-state index is 0.400. The van der Waals surface area contributed by atoms with Gasteiger partial charge >= 0.3 is 0 Å². The van der Waals surface area contributed by atoms with Crippen molar-refractivity contribution in [1.82, 2.24) is 0 Å². The van der Waals surface area contributed by atoms with Gasteiger partial charge in [-0.3, -0.25) is 0 Å². The second kappa shape index (κ2) is 6.55. The van der Waals surface area contributed by atoms with Gasteiger partial charge in [0.1, 0.15) is 0 Å². The molecule has 0 atom stereocenters. The lowest BCUT2D eigenvalue weighted by molar-refractivity contribution is 0.0142. The van der Waals surface area contributed by atoms with Crippen LogP contribution in [0.4, 0.5) is 0 Å². The van der Waals surface area contributed by atoms with E-state index in [1.165, 1.54) is 6.42 Å². The lowest BCUT2D eigenvalue weighted by Gasteiger charge is -2.38. The molecular formula is C15H28O2. The largest absolute Gasteiger partial charge is 0.386 e. The molecule has 0 aromatic carbocycles. The zero-order valence-corrected chi connectivity index (χ0v) is 11.7. The highest BCUT2D eigenvalue weighted by Gasteiger charge is 2.34. The summed E-state index contributed by atoms with van der Waals surface area (Å²) >= 11 is 0. The van der Waals surface area contributed by atoms with E-state index in [9.17, 15) is 5.11 Å². The molecule has 0 aromatic rings. The Labute approximate surface area is 106 Å². The molecule has 1 aliphatic carbocycles. The summed E-state index contributed by atoms with van der Waals surface area (Å²) in [5.41, 5.74) is -0.179. The van der Waals surface area contributed by atoms with Gasteiger partial charge in [0.05, 0.1) is 12.2 Å². The topological polar surface area (TPSA) is 29.5 Å². The van der Waals surface area contributed by atoms with Crippen molar-refractivity contribution in [2.75, 3.05) is 13.2 Å². The van der Waals surface area contributed by atoms with Gasteiger partial charge in [0.25, 0.3) is 0 Å². The minimum Gasteiger partial charge on any atom is -0.386 e. The van der Waals surface area contributed by atoms with E-state index in [0.29, 0.717) is 12.0 Å². The van der Waals surface area contributed by atoms with E-state index in [2.05, 4.69) is 20.8 Å². The second-order valence-corrected chi connectivity index (χ2v) is 6.10. The fourth-order valence-corrected chi connectivity index (χ4v) is 2.19. The van der Waals surface area contributed by atoms with Crippen molar-refractivity contribution in [2.45, 2.75) is 64.9 Å². The van der Waals surface area contributed by atoms with Gasteiger partial charge in [0.15, 0.2) is 0 Å². The first-order valence-corrected chi connectivity index (χ1v) is 6.95. The predicted octanol–water partition coefficient (Wildman–Crippen LogP) is 3.69. The van der Waals surface area contributed by atoms with Crippen LogP contribution in [-0.2, 0) is 4.74 Å². The molecule has 0 heterocycles. The number of rotatable bonds is 6. The molecule has 0 aromatic heterocycles. The molecule has 0 saturated heterocycles. The van der Waals surface area contributed by atoms with Crippen molar-refractivity contribution in [1.29, 1.82) is 0 Å². The van der Waals surface area contributed by atoms with Crippen LogP contribution in [-0.4, -0.2) is 23.9 Å². The van der Waals surface area contributed by atoms with Crippen molar-refractivity contribution in [3.8, 4) is 0 Å². The maximum atomic E-state index is 10.4. The molecule has 1 fully saturated rings. The molecule has 0 radical (unpaired) electrons. The Hall–Kier alpha value is -0.340. The van der Waals surface area contributed by atoms with Crippen molar-refractivity contribution in [3.05, 3.63) is 12.2 Å². The molecule has 0 bridgehead atoms. The van der Waals surface area contributed by atoms with Crippen LogP contribution in [0.2, 0.25) is 0 Å². The average molecular weight is 240 g/mol. The second-order valence-electron chi connectivity index (χ2n) is 6.10. The fraction of sp³-hybridized carbons (Fsp3) is 0.867. The highest BCUT2D eigenvalue weighted by molar-refractivity contribution is 5.04. The zero-order chi connectivity index (χ0) is 12.8. The normalized spacial score (nSPS) is 23.1. The number of unbranched alkanes of at least 4 members (excludes halogenated alkanes) is 1. The fourth-order valence-electron chi connectivity index (χ4n) is 2.19. The summed E-state index contributed by atoms with van der Waals surface area (Å²) in [6.07, 6.45) is 10.2. The van der Waals surface area contributed by atoms with Gasteiger partial charge in [-0.1, -0.05) is 39.3 Å². The summed E-state index contributed by atoms with van der Waals surface area (Å²) in [6, 6.07) is 0. The zero-order valence-electron chi connectivity index (χ0n) is 11.7. The van der Waals surface area contributed by atoms with Crippen molar-refractivity contribution < 1.29 is 9.84 Å². The smallest absolute Gasteiger partial charge is 0.0828 e. The van der Waals surface area contributed by atoms with Gasteiger partial charge in [-0.05, 0) is 37.5 Å². The minimum atomic E-state index is -0.580. The van der Waals surface area contributed by atoms with Gasteiger partial charge in [0, 0.05) is 6.61 Å². The lowest BCUT2D eigenvalue weighted by Crippen LogP contribution is -2.35. The monoisotopic (exact) mass is 240 g/mol. The molecule has 2 heteroatoms. The van der Waals surface area contributed by atoms with Gasteiger partial charge in [-0.25, -0.2) is 0 Å². The molecule has 0 spiro atoms. The third-order valence-electron chi connectivity index (χ3n) is 3.75. The number of ether oxygens (including phenoxy) is 1. The summed E-state index contributed by atoms with van der Waals surface area (Å²) in [6.45, 7) is 8.18. The van der Waals surface area contributed by atoms with Crippen LogP contribution in [0.3, 0.4) is 0 Å². The van der Waals surface area contributed by atoms with Crippen LogP contribution < -0.4 is 0 Å². The van der Waals surface area contributed by atoms with Crippen LogP contribution in [0.1, 0.15) is 59.3 Å². The molecule has 1 saturated carbocycles. The molecule has 1 rings (SSSR count). The van der Waals surface area contributed by atoms with Crippen molar-refractivity contribution >= 4 is 0 Å². The highest BCUT2D eigenvalue weighted by Crippen LogP contribution is 2.40. The van der Waals surface area contributed by atoms with Gasteiger partial charge in [-0.2, -0.15) is 0 Å². The van der Waals surface area contributed by atoms with E-state index >= 15 is 0 Å². The first-order chi connectivity index (χ1) is 7.97. The molecule has 0 unspecified atom stereocenters. The van der Waals surface area contributed by atoms with Crippen LogP contribution >= 0.6 is 0 Å². The molecule has 0 amide bonds. The number of hydrogen-bond acceptors (Lipinski definition) is 2. The van der Waals surface area contributed by atoms with Crippen LogP contribution in [0, 0.1) is 5.41 Å². The van der Waals surface area contributed by atoms with E-state index in [1.54, 1.807) is 0 Å². The highest BCUT2D eigenvalue weighted by atomic mass is 16.5. The van der Waals surface area contributed by atoms with Crippen LogP contribution in [0.15, 0.2) is 12.2 Å². The summed E-state index contributed by atoms with van der Waals surface area (Å²) in [7, 11) is 0. The summed E-state index contributed by atoms with van der Waals surface area (Å²) in [4.78, 5) is 0. The summed E-state index contributed by atoms with van der Waals surface area (Å²) in [5, 5.41) is 10.4. The number of hydrogen-bond donors (Lipinski definition) is 1. The van der Waals surface area contributed by atoms with E-state index in [-0.39, 0.29) is 0 Å². The Morgan fingerprint density at radius 3 is 2.41 bits per heavy atom. The summed E-state index contributed by atoms with van der Waals surface area (Å²) < 4.78 is 5.45. The Morgan fingerprint density at radius 2 is 1.82 bits per heavy atom. The maximum Gasteiger partial charge on any atom is 0.0828 e. The first-order valence-electron chi connectivity index (χ1n) is 6.95. The molecule has 17 heavy (non-hydrogen) atoms. The van der Waals surface area contributed by atoms with Gasteiger partial charge < -0.3 is 9.84 Å². The van der Waals surface area contributed by atoms with Gasteiger partial charge in [0.2, 0.25) is 0 Å². The molecule has 1 N–H and O–H groups in total. The quantitative estimate of drug-likeness (QED) is 0.567. The van der Waals surface area contributed by atoms with Crippen LogP contribution in [0.5, 0.6) is 0 Å². The van der Waals surface area contributed by atoms with Gasteiger partial charge in [-0.15, -0.1) is 0 Å². The Kier molecular flexibility index (Phi) is 5.68.